The van der Waals surface area contributed by atoms with E-state index >= 15 is 0 Å². The Bertz CT molecular complexity index is 623. The van der Waals surface area contributed by atoms with E-state index in [-0.39, 0.29) is 6.09 Å². The first-order chi connectivity index (χ1) is 10.7. The van der Waals surface area contributed by atoms with Gasteiger partial charge >= 0.3 is 6.09 Å². The van der Waals surface area contributed by atoms with Crippen molar-refractivity contribution in [3.8, 4) is 0 Å². The first kappa shape index (κ1) is 15.3. The average molecular weight is 412 g/mol. The molecule has 0 bridgehead atoms. The highest BCUT2D eigenvalue weighted by Crippen LogP contribution is 2.09. The smallest absolute Gasteiger partial charge is 0.304 e. The molecule has 116 valence electrons. The predicted octanol–water partition coefficient (Wildman–Crippen LogP) is 1.85. The lowest BCUT2D eigenvalue weighted by Gasteiger charge is -2.33. The van der Waals surface area contributed by atoms with Crippen molar-refractivity contribution in [3.05, 3.63) is 51.9 Å². The van der Waals surface area contributed by atoms with E-state index in [1.807, 2.05) is 6.07 Å². The molecular weight excluding hydrogens is 395 g/mol. The molecule has 0 aliphatic carbocycles. The SMILES string of the molecule is O=C(On1cc(I)cn1)N1CCN(Cc2ccccc2)CC1. The van der Waals surface area contributed by atoms with Gasteiger partial charge in [-0.15, -0.1) is 5.10 Å². The molecule has 1 saturated heterocycles. The summed E-state index contributed by atoms with van der Waals surface area (Å²) in [5.74, 6) is 0. The minimum Gasteiger partial charge on any atom is -0.304 e. The summed E-state index contributed by atoms with van der Waals surface area (Å²) in [5, 5.41) is 3.95. The second-order valence-electron chi connectivity index (χ2n) is 5.17. The van der Waals surface area contributed by atoms with Crippen LogP contribution in [0.4, 0.5) is 4.79 Å². The Labute approximate surface area is 142 Å². The van der Waals surface area contributed by atoms with Gasteiger partial charge < -0.3 is 4.90 Å². The maximum absolute atomic E-state index is 12.1. The largest absolute Gasteiger partial charge is 0.436 e. The number of halogens is 1. The molecule has 1 aliphatic rings. The quantitative estimate of drug-likeness (QED) is 0.723. The van der Waals surface area contributed by atoms with E-state index < -0.39 is 0 Å². The van der Waals surface area contributed by atoms with Gasteiger partial charge in [0, 0.05) is 32.7 Å². The van der Waals surface area contributed by atoms with Gasteiger partial charge in [0.05, 0.1) is 16.0 Å². The van der Waals surface area contributed by atoms with Crippen LogP contribution in [0, 0.1) is 3.57 Å². The minimum absolute atomic E-state index is 0.348. The molecule has 7 heteroatoms. The van der Waals surface area contributed by atoms with Gasteiger partial charge in [0.25, 0.3) is 0 Å². The van der Waals surface area contributed by atoms with Gasteiger partial charge in [-0.05, 0) is 28.2 Å². The van der Waals surface area contributed by atoms with Gasteiger partial charge in [0.15, 0.2) is 0 Å². The number of carbonyl (C=O) groups is 1. The normalized spacial score (nSPS) is 15.8. The zero-order valence-corrected chi connectivity index (χ0v) is 14.2. The van der Waals surface area contributed by atoms with Crippen molar-refractivity contribution in [1.82, 2.24) is 19.7 Å². The van der Waals surface area contributed by atoms with Crippen molar-refractivity contribution >= 4 is 28.7 Å². The number of piperazine rings is 1. The van der Waals surface area contributed by atoms with E-state index in [0.29, 0.717) is 13.1 Å². The number of nitrogens with zero attached hydrogens (tertiary/aromatic N) is 4. The monoisotopic (exact) mass is 412 g/mol. The van der Waals surface area contributed by atoms with Crippen LogP contribution < -0.4 is 4.84 Å². The van der Waals surface area contributed by atoms with Crippen LogP contribution in [0.5, 0.6) is 0 Å². The molecule has 0 unspecified atom stereocenters. The average Bonchev–Trinajstić information content (AvgIpc) is 2.94. The van der Waals surface area contributed by atoms with Gasteiger partial charge in [0.1, 0.15) is 0 Å². The zero-order chi connectivity index (χ0) is 15.4. The molecule has 0 saturated carbocycles. The highest BCUT2D eigenvalue weighted by molar-refractivity contribution is 14.1. The molecule has 1 aliphatic heterocycles. The maximum atomic E-state index is 12.1. The van der Waals surface area contributed by atoms with Crippen LogP contribution in [0.3, 0.4) is 0 Å². The topological polar surface area (TPSA) is 50.6 Å². The number of hydrogen-bond donors (Lipinski definition) is 0. The molecule has 1 fully saturated rings. The number of amides is 1. The van der Waals surface area contributed by atoms with Crippen molar-refractivity contribution in [2.24, 2.45) is 0 Å². The van der Waals surface area contributed by atoms with Crippen molar-refractivity contribution in [2.75, 3.05) is 26.2 Å². The second-order valence-corrected chi connectivity index (χ2v) is 6.41. The predicted molar refractivity (Wildman–Crippen MR) is 90.2 cm³/mol. The van der Waals surface area contributed by atoms with Crippen molar-refractivity contribution in [2.45, 2.75) is 6.54 Å². The Morgan fingerprint density at radius 2 is 1.91 bits per heavy atom. The molecule has 1 aromatic heterocycles. The van der Waals surface area contributed by atoms with Crippen LogP contribution in [-0.4, -0.2) is 52.0 Å². The van der Waals surface area contributed by atoms with Crippen molar-refractivity contribution in [1.29, 1.82) is 0 Å². The van der Waals surface area contributed by atoms with Crippen LogP contribution in [0.1, 0.15) is 5.56 Å². The summed E-state index contributed by atoms with van der Waals surface area (Å²) in [6.45, 7) is 3.95. The number of benzene rings is 1. The van der Waals surface area contributed by atoms with Gasteiger partial charge in [0.2, 0.25) is 0 Å². The second kappa shape index (κ2) is 7.10. The van der Waals surface area contributed by atoms with Crippen LogP contribution in [0.15, 0.2) is 42.7 Å². The third-order valence-corrected chi connectivity index (χ3v) is 4.14. The Hall–Kier alpha value is -1.61. The lowest BCUT2D eigenvalue weighted by Crippen LogP contribution is -2.50. The molecule has 0 N–H and O–H groups in total. The minimum atomic E-state index is -0.348. The van der Waals surface area contributed by atoms with Crippen LogP contribution in [0.25, 0.3) is 0 Å². The van der Waals surface area contributed by atoms with E-state index in [9.17, 15) is 4.79 Å². The first-order valence-corrected chi connectivity index (χ1v) is 8.22. The molecular formula is C15H17IN4O2. The van der Waals surface area contributed by atoms with E-state index in [0.717, 1.165) is 23.2 Å². The fourth-order valence-corrected chi connectivity index (χ4v) is 2.76. The van der Waals surface area contributed by atoms with Crippen molar-refractivity contribution in [3.63, 3.8) is 0 Å². The summed E-state index contributed by atoms with van der Waals surface area (Å²) in [4.78, 5) is 22.5. The highest BCUT2D eigenvalue weighted by Gasteiger charge is 2.23. The summed E-state index contributed by atoms with van der Waals surface area (Å²) in [5.41, 5.74) is 1.30. The number of carbonyl (C=O) groups excluding carboxylic acids is 1. The third-order valence-electron chi connectivity index (χ3n) is 3.58. The molecule has 1 amide bonds. The highest BCUT2D eigenvalue weighted by atomic mass is 127. The summed E-state index contributed by atoms with van der Waals surface area (Å²) in [7, 11) is 0. The lowest BCUT2D eigenvalue weighted by atomic mass is 10.2. The molecule has 2 aromatic rings. The zero-order valence-electron chi connectivity index (χ0n) is 12.1. The van der Waals surface area contributed by atoms with Gasteiger partial charge in [-0.2, -0.15) is 0 Å². The maximum Gasteiger partial charge on any atom is 0.436 e. The fourth-order valence-electron chi connectivity index (χ4n) is 2.40. The fraction of sp³-hybridized carbons (Fsp3) is 0.333. The summed E-state index contributed by atoms with van der Waals surface area (Å²) in [6.07, 6.45) is 2.97. The summed E-state index contributed by atoms with van der Waals surface area (Å²) < 4.78 is 0.929. The number of aromatic nitrogens is 2. The van der Waals surface area contributed by atoms with Gasteiger partial charge in [-0.25, -0.2) is 4.79 Å². The molecule has 1 aromatic carbocycles. The molecule has 6 nitrogen and oxygen atoms in total. The Kier molecular flexibility index (Phi) is 4.94. The van der Waals surface area contributed by atoms with Crippen molar-refractivity contribution < 1.29 is 9.63 Å². The molecule has 2 heterocycles. The van der Waals surface area contributed by atoms with Crippen LogP contribution >= 0.6 is 22.6 Å². The molecule has 0 spiro atoms. The van der Waals surface area contributed by atoms with E-state index in [1.165, 1.54) is 10.4 Å². The Balaban J connectivity index is 1.48. The molecule has 3 rings (SSSR count). The molecule has 0 atom stereocenters. The number of hydrogen-bond acceptors (Lipinski definition) is 4. The van der Waals surface area contributed by atoms with Crippen LogP contribution in [-0.2, 0) is 6.54 Å². The summed E-state index contributed by atoms with van der Waals surface area (Å²) in [6, 6.07) is 10.4. The lowest BCUT2D eigenvalue weighted by molar-refractivity contribution is 0.0578. The van der Waals surface area contributed by atoms with Gasteiger partial charge in [-0.3, -0.25) is 9.74 Å². The van der Waals surface area contributed by atoms with E-state index in [1.54, 1.807) is 17.3 Å². The van der Waals surface area contributed by atoms with Gasteiger partial charge in [-0.1, -0.05) is 35.2 Å². The Morgan fingerprint density at radius 3 is 2.55 bits per heavy atom. The third kappa shape index (κ3) is 3.98. The van der Waals surface area contributed by atoms with E-state index in [4.69, 9.17) is 4.84 Å². The van der Waals surface area contributed by atoms with E-state index in [2.05, 4.69) is 56.9 Å². The summed E-state index contributed by atoms with van der Waals surface area (Å²) >= 11 is 2.12. The first-order valence-electron chi connectivity index (χ1n) is 7.14. The standard InChI is InChI=1S/C15H17IN4O2/c16-14-10-17-20(12-14)22-15(21)19-8-6-18(7-9-19)11-13-4-2-1-3-5-13/h1-5,10,12H,6-9,11H2. The molecule has 22 heavy (non-hydrogen) atoms. The number of rotatable bonds is 3. The Morgan fingerprint density at radius 1 is 1.18 bits per heavy atom. The van der Waals surface area contributed by atoms with Crippen LogP contribution in [0.2, 0.25) is 0 Å². The molecule has 0 radical (unpaired) electrons.